The average molecular weight is 203 g/mol. The standard InChI is InChI=1S/C13H19N2/c1-11(2)8-15-9-12(10-15)7-13-5-3-4-6-14-13/h3-6,12H,7-10H2,1-2H3. The van der Waals surface area contributed by atoms with Gasteiger partial charge in [0.2, 0.25) is 0 Å². The van der Waals surface area contributed by atoms with Crippen LogP contribution < -0.4 is 0 Å². The van der Waals surface area contributed by atoms with E-state index in [9.17, 15) is 0 Å². The molecule has 0 amide bonds. The molecule has 2 nitrogen and oxygen atoms in total. The Morgan fingerprint density at radius 3 is 2.80 bits per heavy atom. The fourth-order valence-electron chi connectivity index (χ4n) is 2.20. The lowest BCUT2D eigenvalue weighted by Crippen LogP contribution is -2.48. The second-order valence-electron chi connectivity index (χ2n) is 4.79. The molecule has 1 aliphatic heterocycles. The maximum atomic E-state index is 4.36. The van der Waals surface area contributed by atoms with Crippen molar-refractivity contribution in [1.82, 2.24) is 9.88 Å². The molecule has 2 rings (SSSR count). The van der Waals surface area contributed by atoms with Crippen LogP contribution in [-0.4, -0.2) is 29.5 Å². The Balaban J connectivity index is 1.72. The van der Waals surface area contributed by atoms with Gasteiger partial charge in [0.25, 0.3) is 0 Å². The quantitative estimate of drug-likeness (QED) is 0.745. The number of nitrogens with zero attached hydrogens (tertiary/aromatic N) is 2. The van der Waals surface area contributed by atoms with Crippen LogP contribution in [0.4, 0.5) is 0 Å². The normalized spacial score (nSPS) is 18.1. The van der Waals surface area contributed by atoms with Crippen LogP contribution in [0.5, 0.6) is 0 Å². The number of pyridine rings is 1. The monoisotopic (exact) mass is 203 g/mol. The van der Waals surface area contributed by atoms with Crippen molar-refractivity contribution in [1.29, 1.82) is 0 Å². The van der Waals surface area contributed by atoms with Gasteiger partial charge in [-0.1, -0.05) is 19.9 Å². The van der Waals surface area contributed by atoms with Gasteiger partial charge in [0, 0.05) is 31.5 Å². The summed E-state index contributed by atoms with van der Waals surface area (Å²) in [6, 6.07) is 6.18. The molecule has 0 aliphatic carbocycles. The smallest absolute Gasteiger partial charge is 0.0407 e. The molecular weight excluding hydrogens is 184 g/mol. The SMILES string of the molecule is C[C](C)CN1CC(Cc2ccccn2)C1. The van der Waals surface area contributed by atoms with Crippen molar-refractivity contribution < 1.29 is 0 Å². The Morgan fingerprint density at radius 2 is 2.20 bits per heavy atom. The molecular formula is C13H19N2. The molecule has 0 bridgehead atoms. The number of hydrogen-bond donors (Lipinski definition) is 0. The lowest BCUT2D eigenvalue weighted by atomic mass is 9.93. The van der Waals surface area contributed by atoms with Crippen LogP contribution >= 0.6 is 0 Å². The van der Waals surface area contributed by atoms with E-state index in [0.717, 1.165) is 12.3 Å². The van der Waals surface area contributed by atoms with Gasteiger partial charge < -0.3 is 4.90 Å². The zero-order valence-corrected chi connectivity index (χ0v) is 9.61. The highest BCUT2D eigenvalue weighted by Gasteiger charge is 2.26. The first kappa shape index (κ1) is 10.6. The first-order valence-electron chi connectivity index (χ1n) is 5.65. The molecule has 0 atom stereocenters. The summed E-state index contributed by atoms with van der Waals surface area (Å²) in [7, 11) is 0. The molecule has 1 radical (unpaired) electrons. The molecule has 1 aliphatic rings. The van der Waals surface area contributed by atoms with Crippen molar-refractivity contribution in [3.63, 3.8) is 0 Å². The summed E-state index contributed by atoms with van der Waals surface area (Å²) >= 11 is 0. The lowest BCUT2D eigenvalue weighted by Gasteiger charge is -2.40. The molecule has 1 aromatic rings. The first-order chi connectivity index (χ1) is 7.24. The zero-order chi connectivity index (χ0) is 10.7. The van der Waals surface area contributed by atoms with Crippen LogP contribution in [0.25, 0.3) is 0 Å². The van der Waals surface area contributed by atoms with E-state index in [4.69, 9.17) is 0 Å². The highest BCUT2D eigenvalue weighted by molar-refractivity contribution is 5.06. The molecule has 0 N–H and O–H groups in total. The summed E-state index contributed by atoms with van der Waals surface area (Å²) in [5.74, 6) is 2.32. The summed E-state index contributed by atoms with van der Waals surface area (Å²) in [4.78, 5) is 6.87. The van der Waals surface area contributed by atoms with E-state index >= 15 is 0 Å². The van der Waals surface area contributed by atoms with E-state index in [1.807, 2.05) is 12.3 Å². The van der Waals surface area contributed by atoms with E-state index in [1.54, 1.807) is 0 Å². The molecule has 2 heterocycles. The average Bonchev–Trinajstić information content (AvgIpc) is 2.15. The predicted molar refractivity (Wildman–Crippen MR) is 62.5 cm³/mol. The Bertz CT molecular complexity index is 289. The van der Waals surface area contributed by atoms with Crippen LogP contribution in [0, 0.1) is 11.8 Å². The van der Waals surface area contributed by atoms with Crippen molar-refractivity contribution in [3.05, 3.63) is 36.0 Å². The van der Waals surface area contributed by atoms with Crippen molar-refractivity contribution in [2.24, 2.45) is 5.92 Å². The van der Waals surface area contributed by atoms with E-state index in [1.165, 1.54) is 31.2 Å². The minimum absolute atomic E-state index is 0.819. The summed E-state index contributed by atoms with van der Waals surface area (Å²) in [6.45, 7) is 8.04. The minimum atomic E-state index is 0.819. The number of aromatic nitrogens is 1. The van der Waals surface area contributed by atoms with Crippen molar-refractivity contribution >= 4 is 0 Å². The van der Waals surface area contributed by atoms with Gasteiger partial charge in [-0.05, 0) is 30.4 Å². The van der Waals surface area contributed by atoms with Crippen molar-refractivity contribution in [2.45, 2.75) is 20.3 Å². The molecule has 0 unspecified atom stereocenters. The molecule has 0 aromatic carbocycles. The van der Waals surface area contributed by atoms with Gasteiger partial charge in [-0.3, -0.25) is 4.98 Å². The van der Waals surface area contributed by atoms with Crippen LogP contribution in [0.15, 0.2) is 24.4 Å². The third-order valence-corrected chi connectivity index (χ3v) is 2.80. The Morgan fingerprint density at radius 1 is 1.40 bits per heavy atom. The largest absolute Gasteiger partial charge is 0.302 e. The van der Waals surface area contributed by atoms with Crippen molar-refractivity contribution in [2.75, 3.05) is 19.6 Å². The fraction of sp³-hybridized carbons (Fsp3) is 0.538. The van der Waals surface area contributed by atoms with Gasteiger partial charge in [-0.2, -0.15) is 0 Å². The van der Waals surface area contributed by atoms with Gasteiger partial charge >= 0.3 is 0 Å². The molecule has 0 spiro atoms. The number of likely N-dealkylation sites (tertiary alicyclic amines) is 1. The predicted octanol–water partition coefficient (Wildman–Crippen LogP) is 2.17. The van der Waals surface area contributed by atoms with Crippen LogP contribution in [0.2, 0.25) is 0 Å². The Labute approximate surface area is 92.3 Å². The van der Waals surface area contributed by atoms with Crippen LogP contribution in [-0.2, 0) is 6.42 Å². The van der Waals surface area contributed by atoms with Gasteiger partial charge in [0.1, 0.15) is 0 Å². The highest BCUT2D eigenvalue weighted by atomic mass is 15.2. The topological polar surface area (TPSA) is 16.1 Å². The highest BCUT2D eigenvalue weighted by Crippen LogP contribution is 2.20. The summed E-state index contributed by atoms with van der Waals surface area (Å²) < 4.78 is 0. The van der Waals surface area contributed by atoms with E-state index in [0.29, 0.717) is 0 Å². The third-order valence-electron chi connectivity index (χ3n) is 2.80. The van der Waals surface area contributed by atoms with E-state index in [-0.39, 0.29) is 0 Å². The molecule has 1 aromatic heterocycles. The summed E-state index contributed by atoms with van der Waals surface area (Å²) in [6.07, 6.45) is 3.02. The van der Waals surface area contributed by atoms with E-state index in [2.05, 4.69) is 35.9 Å². The minimum Gasteiger partial charge on any atom is -0.302 e. The van der Waals surface area contributed by atoms with Crippen molar-refractivity contribution in [3.8, 4) is 0 Å². The number of rotatable bonds is 4. The Kier molecular flexibility index (Phi) is 3.37. The van der Waals surface area contributed by atoms with Crippen LogP contribution in [0.3, 0.4) is 0 Å². The van der Waals surface area contributed by atoms with Gasteiger partial charge in [0.05, 0.1) is 0 Å². The molecule has 1 fully saturated rings. The Hall–Kier alpha value is -0.890. The van der Waals surface area contributed by atoms with Gasteiger partial charge in [0.15, 0.2) is 0 Å². The maximum absolute atomic E-state index is 4.36. The molecule has 1 saturated heterocycles. The maximum Gasteiger partial charge on any atom is 0.0407 e. The lowest BCUT2D eigenvalue weighted by molar-refractivity contribution is 0.106. The van der Waals surface area contributed by atoms with Gasteiger partial charge in [-0.15, -0.1) is 0 Å². The van der Waals surface area contributed by atoms with Crippen LogP contribution in [0.1, 0.15) is 19.5 Å². The zero-order valence-electron chi connectivity index (χ0n) is 9.61. The first-order valence-corrected chi connectivity index (χ1v) is 5.65. The molecule has 0 saturated carbocycles. The molecule has 81 valence electrons. The fourth-order valence-corrected chi connectivity index (χ4v) is 2.20. The molecule has 15 heavy (non-hydrogen) atoms. The van der Waals surface area contributed by atoms with E-state index < -0.39 is 0 Å². The second kappa shape index (κ2) is 4.75. The second-order valence-corrected chi connectivity index (χ2v) is 4.79. The summed E-state index contributed by atoms with van der Waals surface area (Å²) in [5, 5.41) is 0. The van der Waals surface area contributed by atoms with Gasteiger partial charge in [-0.25, -0.2) is 0 Å². The molecule has 2 heteroatoms. The summed E-state index contributed by atoms with van der Waals surface area (Å²) in [5.41, 5.74) is 1.24. The number of hydrogen-bond acceptors (Lipinski definition) is 2. The third kappa shape index (κ3) is 3.03.